The molecule has 1 aromatic heterocycles. The third kappa shape index (κ3) is 5.33. The summed E-state index contributed by atoms with van der Waals surface area (Å²) in [6.07, 6.45) is 2.99. The van der Waals surface area contributed by atoms with Crippen LogP contribution in [-0.2, 0) is 16.0 Å². The average Bonchev–Trinajstić information content (AvgIpc) is 3.75. The molecule has 0 radical (unpaired) electrons. The summed E-state index contributed by atoms with van der Waals surface area (Å²) in [6, 6.07) is 17.5. The molecular formula is C35H40N2O7. The Hall–Kier alpha value is -4.27. The van der Waals surface area contributed by atoms with E-state index in [1.165, 1.54) is 6.07 Å². The van der Waals surface area contributed by atoms with E-state index >= 15 is 0 Å². The van der Waals surface area contributed by atoms with Crippen molar-refractivity contribution in [3.05, 3.63) is 82.8 Å². The number of likely N-dealkylation sites (tertiary alicyclic amines) is 1. The minimum absolute atomic E-state index is 0.0272. The van der Waals surface area contributed by atoms with Crippen LogP contribution in [0.1, 0.15) is 91.8 Å². The summed E-state index contributed by atoms with van der Waals surface area (Å²) in [4.78, 5) is 42.9. The van der Waals surface area contributed by atoms with E-state index < -0.39 is 23.2 Å². The molecular weight excluding hydrogens is 560 g/mol. The van der Waals surface area contributed by atoms with Gasteiger partial charge in [0.2, 0.25) is 0 Å². The molecule has 2 heterocycles. The Morgan fingerprint density at radius 2 is 1.64 bits per heavy atom. The summed E-state index contributed by atoms with van der Waals surface area (Å²) in [7, 11) is 0. The quantitative estimate of drug-likeness (QED) is 0.315. The molecule has 1 atom stereocenters. The molecule has 2 aliphatic carbocycles. The number of carboxylic acids is 1. The molecule has 1 saturated carbocycles. The molecule has 3 aromatic rings. The summed E-state index contributed by atoms with van der Waals surface area (Å²) in [5.74, 6) is -0.566. The van der Waals surface area contributed by atoms with Crippen LogP contribution in [0, 0.1) is 6.92 Å². The zero-order valence-corrected chi connectivity index (χ0v) is 25.8. The number of aryl methyl sites for hydroxylation is 1. The number of furan rings is 1. The summed E-state index contributed by atoms with van der Waals surface area (Å²) in [5, 5.41) is 9.63. The van der Waals surface area contributed by atoms with Crippen molar-refractivity contribution in [1.82, 2.24) is 9.80 Å². The third-order valence-electron chi connectivity index (χ3n) is 9.34. The zero-order chi connectivity index (χ0) is 31.2. The van der Waals surface area contributed by atoms with Gasteiger partial charge in [-0.15, -0.1) is 0 Å². The Labute approximate surface area is 257 Å². The fraction of sp³-hybridized carbons (Fsp3) is 0.457. The molecule has 1 aliphatic heterocycles. The highest BCUT2D eigenvalue weighted by Gasteiger charge is 2.56. The highest BCUT2D eigenvalue weighted by Crippen LogP contribution is 2.48. The van der Waals surface area contributed by atoms with Gasteiger partial charge in [-0.25, -0.2) is 14.4 Å². The van der Waals surface area contributed by atoms with Gasteiger partial charge in [-0.1, -0.05) is 61.4 Å². The van der Waals surface area contributed by atoms with Crippen LogP contribution in [0.3, 0.4) is 0 Å². The predicted octanol–water partition coefficient (Wildman–Crippen LogP) is 7.36. The zero-order valence-electron chi connectivity index (χ0n) is 25.8. The van der Waals surface area contributed by atoms with E-state index in [-0.39, 0.29) is 42.5 Å². The molecule has 44 heavy (non-hydrogen) atoms. The number of hydrogen-bond donors (Lipinski definition) is 1. The first-order valence-electron chi connectivity index (χ1n) is 15.4. The van der Waals surface area contributed by atoms with Crippen molar-refractivity contribution in [2.24, 2.45) is 0 Å². The van der Waals surface area contributed by atoms with Crippen LogP contribution < -0.4 is 0 Å². The first kappa shape index (κ1) is 29.8. The van der Waals surface area contributed by atoms with E-state index in [4.69, 9.17) is 13.9 Å². The Kier molecular flexibility index (Phi) is 7.68. The molecule has 2 fully saturated rings. The molecule has 0 bridgehead atoms. The number of nitrogens with zero attached hydrogens (tertiary/aromatic N) is 2. The first-order chi connectivity index (χ1) is 21.0. The molecule has 2 aromatic carbocycles. The minimum Gasteiger partial charge on any atom is -0.478 e. The monoisotopic (exact) mass is 600 g/mol. The van der Waals surface area contributed by atoms with Crippen molar-refractivity contribution >= 4 is 18.2 Å². The standard InChI is InChI=1S/C35H40N2O7/c1-22-28(31(38)39)19-23(43-22)20-36(30-15-18-37(33(41)44-34(2,3)4)35(30)16-9-10-17-35)32(40)42-21-29-26-13-7-5-11-24(26)25-12-6-8-14-27(25)29/h5-8,11-14,19,29-30H,9-10,15-18,20-21H2,1-4H3,(H,38,39). The SMILES string of the molecule is Cc1oc(CN(C(=O)OCC2c3ccccc3-c3ccccc32)C2CCN(C(=O)OC(C)(C)C)C23CCCC3)cc1C(=O)O. The lowest BCUT2D eigenvalue weighted by atomic mass is 9.88. The Balaban J connectivity index is 1.31. The van der Waals surface area contributed by atoms with Gasteiger partial charge >= 0.3 is 18.2 Å². The summed E-state index contributed by atoms with van der Waals surface area (Å²) < 4.78 is 17.8. The molecule has 2 amide bonds. The van der Waals surface area contributed by atoms with Crippen LogP contribution in [0.15, 0.2) is 59.0 Å². The number of carbonyl (C=O) groups is 3. The van der Waals surface area contributed by atoms with Gasteiger partial charge in [0.15, 0.2) is 0 Å². The second kappa shape index (κ2) is 11.3. The molecule has 3 aliphatic rings. The molecule has 1 spiro atoms. The van der Waals surface area contributed by atoms with Crippen molar-refractivity contribution in [3.8, 4) is 11.1 Å². The maximum atomic E-state index is 14.2. The van der Waals surface area contributed by atoms with Crippen LogP contribution >= 0.6 is 0 Å². The second-order valence-electron chi connectivity index (χ2n) is 13.2. The van der Waals surface area contributed by atoms with Crippen LogP contribution in [-0.4, -0.2) is 63.4 Å². The number of amides is 2. The van der Waals surface area contributed by atoms with Crippen molar-refractivity contribution in [3.63, 3.8) is 0 Å². The van der Waals surface area contributed by atoms with Gasteiger partial charge in [0.1, 0.15) is 29.3 Å². The van der Waals surface area contributed by atoms with Gasteiger partial charge in [0, 0.05) is 12.5 Å². The van der Waals surface area contributed by atoms with Crippen molar-refractivity contribution in [2.45, 2.75) is 89.4 Å². The fourth-order valence-electron chi connectivity index (χ4n) is 7.53. The van der Waals surface area contributed by atoms with E-state index in [1.807, 2.05) is 49.9 Å². The largest absolute Gasteiger partial charge is 0.478 e. The molecule has 9 heteroatoms. The highest BCUT2D eigenvalue weighted by atomic mass is 16.6. The lowest BCUT2D eigenvalue weighted by molar-refractivity contribution is -0.00656. The number of carbonyl (C=O) groups excluding carboxylic acids is 2. The van der Waals surface area contributed by atoms with Crippen LogP contribution in [0.2, 0.25) is 0 Å². The van der Waals surface area contributed by atoms with Gasteiger partial charge in [-0.05, 0) is 75.3 Å². The van der Waals surface area contributed by atoms with Gasteiger partial charge in [0.05, 0.1) is 18.1 Å². The van der Waals surface area contributed by atoms with Crippen LogP contribution in [0.25, 0.3) is 11.1 Å². The van der Waals surface area contributed by atoms with E-state index in [1.54, 1.807) is 11.8 Å². The first-order valence-corrected chi connectivity index (χ1v) is 15.4. The molecule has 232 valence electrons. The minimum atomic E-state index is -1.09. The smallest absolute Gasteiger partial charge is 0.410 e. The fourth-order valence-corrected chi connectivity index (χ4v) is 7.53. The summed E-state index contributed by atoms with van der Waals surface area (Å²) >= 11 is 0. The third-order valence-corrected chi connectivity index (χ3v) is 9.34. The van der Waals surface area contributed by atoms with Crippen molar-refractivity contribution in [1.29, 1.82) is 0 Å². The van der Waals surface area contributed by atoms with Gasteiger partial charge in [-0.3, -0.25) is 4.90 Å². The van der Waals surface area contributed by atoms with Crippen molar-refractivity contribution < 1.29 is 33.4 Å². The topological polar surface area (TPSA) is 110 Å². The van der Waals surface area contributed by atoms with E-state index in [0.717, 1.165) is 47.9 Å². The maximum absolute atomic E-state index is 14.2. The highest BCUT2D eigenvalue weighted by molar-refractivity contribution is 5.88. The molecule has 6 rings (SSSR count). The lowest BCUT2D eigenvalue weighted by Crippen LogP contribution is -2.58. The van der Waals surface area contributed by atoms with Crippen molar-refractivity contribution in [2.75, 3.05) is 13.2 Å². The van der Waals surface area contributed by atoms with Crippen LogP contribution in [0.5, 0.6) is 0 Å². The number of carboxylic acid groups (broad SMARTS) is 1. The van der Waals surface area contributed by atoms with E-state index in [0.29, 0.717) is 18.7 Å². The molecule has 1 unspecified atom stereocenters. The maximum Gasteiger partial charge on any atom is 0.410 e. The normalized spacial score (nSPS) is 18.7. The van der Waals surface area contributed by atoms with Crippen LogP contribution in [0.4, 0.5) is 9.59 Å². The Bertz CT molecular complexity index is 1530. The summed E-state index contributed by atoms with van der Waals surface area (Å²) in [5.41, 5.74) is 3.31. The Morgan fingerprint density at radius 1 is 1.02 bits per heavy atom. The predicted molar refractivity (Wildman–Crippen MR) is 164 cm³/mol. The lowest BCUT2D eigenvalue weighted by Gasteiger charge is -2.43. The van der Waals surface area contributed by atoms with E-state index in [2.05, 4.69) is 24.3 Å². The second-order valence-corrected chi connectivity index (χ2v) is 13.2. The van der Waals surface area contributed by atoms with Gasteiger partial charge in [-0.2, -0.15) is 0 Å². The number of benzene rings is 2. The Morgan fingerprint density at radius 3 is 2.20 bits per heavy atom. The summed E-state index contributed by atoms with van der Waals surface area (Å²) in [6.45, 7) is 7.77. The van der Waals surface area contributed by atoms with Gasteiger partial charge < -0.3 is 23.9 Å². The molecule has 1 N–H and O–H groups in total. The van der Waals surface area contributed by atoms with E-state index in [9.17, 15) is 19.5 Å². The number of aromatic carboxylic acids is 1. The number of ether oxygens (including phenoxy) is 2. The average molecular weight is 601 g/mol. The number of hydrogen-bond acceptors (Lipinski definition) is 6. The number of rotatable bonds is 6. The molecule has 1 saturated heterocycles. The van der Waals surface area contributed by atoms with Gasteiger partial charge in [0.25, 0.3) is 0 Å². The number of fused-ring (bicyclic) bond motifs is 3. The molecule has 9 nitrogen and oxygen atoms in total.